The van der Waals surface area contributed by atoms with Crippen molar-refractivity contribution in [2.75, 3.05) is 32.6 Å². The van der Waals surface area contributed by atoms with Crippen LogP contribution in [0.25, 0.3) is 5.69 Å². The molecular weight excluding hydrogens is 639 g/mol. The number of H-pyrrole nitrogens is 1. The second-order valence-corrected chi connectivity index (χ2v) is 10.2. The third-order valence-corrected chi connectivity index (χ3v) is 6.64. The van der Waals surface area contributed by atoms with Crippen LogP contribution < -0.4 is 26.2 Å². The van der Waals surface area contributed by atoms with E-state index in [4.69, 9.17) is 20.6 Å². The molecule has 1 heterocycles. The Labute approximate surface area is 270 Å². The zero-order valence-electron chi connectivity index (χ0n) is 25.8. The largest absolute Gasteiger partial charge is 0.491 e. The highest BCUT2D eigenvalue weighted by Crippen LogP contribution is 2.34. The van der Waals surface area contributed by atoms with E-state index < -0.39 is 35.4 Å². The molecule has 0 bridgehead atoms. The van der Waals surface area contributed by atoms with E-state index >= 15 is 0 Å². The van der Waals surface area contributed by atoms with Crippen LogP contribution in [0.4, 0.5) is 18.9 Å². The zero-order valence-corrected chi connectivity index (χ0v) is 25.8. The lowest BCUT2D eigenvalue weighted by Gasteiger charge is -2.21. The minimum atomic E-state index is -5.43. The number of carbonyl (C=O) groups is 3. The maximum atomic E-state index is 13.2. The quantitative estimate of drug-likeness (QED) is 0.0753. The van der Waals surface area contributed by atoms with Gasteiger partial charge in [0, 0.05) is 25.3 Å². The molecule has 5 N–H and O–H groups in total. The summed E-state index contributed by atoms with van der Waals surface area (Å²) < 4.78 is 54.5. The Bertz CT molecular complexity index is 1890. The lowest BCUT2D eigenvalue weighted by molar-refractivity contribution is -0.193. The van der Waals surface area contributed by atoms with Gasteiger partial charge in [-0.2, -0.15) is 17.9 Å². The number of para-hydroxylation sites is 1. The standard InChI is InChI=1S/C31H30F3N7O7/c1-4-46-23-15-18(11-14-22(23)47-16-24(42)40(2)3)25(37-19-12-9-17(10-13-19)26(35)36)27-38-30(45)41(39-27)21-8-6-5-7-20(21)28(43)48-29(44)31(32,33)34/h5-15,25,37H,4,16H2,1-3H3,(H3,35,36)(H,38,39,45). The summed E-state index contributed by atoms with van der Waals surface area (Å²) in [5.41, 5.74) is 5.33. The van der Waals surface area contributed by atoms with Crippen molar-refractivity contribution in [3.05, 3.63) is 99.7 Å². The zero-order chi connectivity index (χ0) is 35.2. The van der Waals surface area contributed by atoms with Crippen LogP contribution in [0.3, 0.4) is 0 Å². The molecule has 0 aliphatic heterocycles. The summed E-state index contributed by atoms with van der Waals surface area (Å²) >= 11 is 0. The SMILES string of the molecule is CCOc1cc(C(Nc2ccc(C(=N)N)cc2)c2nn(-c3ccccc3C(=O)OC(=O)C(F)(F)F)c(=O)[nH]2)ccc1OCC(=O)N(C)C. The van der Waals surface area contributed by atoms with Gasteiger partial charge in [0.05, 0.1) is 17.9 Å². The fourth-order valence-electron chi connectivity index (χ4n) is 4.24. The molecule has 4 aromatic rings. The highest BCUT2D eigenvalue weighted by molar-refractivity contribution is 6.00. The molecular formula is C31H30F3N7O7. The number of nitrogens with two attached hydrogens (primary N) is 1. The second kappa shape index (κ2) is 14.5. The van der Waals surface area contributed by atoms with Crippen molar-refractivity contribution in [1.82, 2.24) is 19.7 Å². The van der Waals surface area contributed by atoms with Gasteiger partial charge < -0.3 is 30.2 Å². The van der Waals surface area contributed by atoms with Crippen molar-refractivity contribution < 1.29 is 41.8 Å². The van der Waals surface area contributed by atoms with Crippen molar-refractivity contribution in [1.29, 1.82) is 5.41 Å². The maximum absolute atomic E-state index is 13.2. The summed E-state index contributed by atoms with van der Waals surface area (Å²) in [6.45, 7) is 1.73. The molecule has 17 heteroatoms. The Morgan fingerprint density at radius 3 is 2.35 bits per heavy atom. The van der Waals surface area contributed by atoms with Crippen LogP contribution in [0, 0.1) is 5.41 Å². The number of amides is 1. The van der Waals surface area contributed by atoms with Crippen molar-refractivity contribution in [2.24, 2.45) is 5.73 Å². The maximum Gasteiger partial charge on any atom is 0.491 e. The minimum absolute atomic E-state index is 0.0101. The number of hydrogen-bond donors (Lipinski definition) is 4. The monoisotopic (exact) mass is 669 g/mol. The van der Waals surface area contributed by atoms with Crippen molar-refractivity contribution in [3.63, 3.8) is 0 Å². The number of hydrogen-bond acceptors (Lipinski definition) is 10. The van der Waals surface area contributed by atoms with Gasteiger partial charge in [0.15, 0.2) is 23.9 Å². The Balaban J connectivity index is 1.78. The van der Waals surface area contributed by atoms with Crippen LogP contribution >= 0.6 is 0 Å². The van der Waals surface area contributed by atoms with Gasteiger partial charge >= 0.3 is 23.8 Å². The highest BCUT2D eigenvalue weighted by atomic mass is 19.4. The van der Waals surface area contributed by atoms with Crippen LogP contribution in [-0.4, -0.2) is 76.8 Å². The lowest BCUT2D eigenvalue weighted by atomic mass is 10.0. The molecule has 0 spiro atoms. The first-order valence-corrected chi connectivity index (χ1v) is 14.1. The van der Waals surface area contributed by atoms with E-state index in [1.54, 1.807) is 63.5 Å². The fraction of sp³-hybridized carbons (Fsp3) is 0.226. The minimum Gasteiger partial charge on any atom is -0.490 e. The molecule has 14 nitrogen and oxygen atoms in total. The summed E-state index contributed by atoms with van der Waals surface area (Å²) in [5.74, 6) is -4.28. The van der Waals surface area contributed by atoms with Crippen LogP contribution in [0.5, 0.6) is 11.5 Å². The number of aromatic amines is 1. The van der Waals surface area contributed by atoms with Crippen LogP contribution in [0.1, 0.15) is 40.3 Å². The van der Waals surface area contributed by atoms with Gasteiger partial charge in [-0.05, 0) is 61.0 Å². The number of ether oxygens (including phenoxy) is 3. The predicted octanol–water partition coefficient (Wildman–Crippen LogP) is 3.16. The molecule has 0 aliphatic rings. The van der Waals surface area contributed by atoms with E-state index in [0.29, 0.717) is 16.8 Å². The number of likely N-dealkylation sites (N-methyl/N-ethyl adjacent to an activating group) is 1. The molecule has 1 amide bonds. The van der Waals surface area contributed by atoms with Gasteiger partial charge in [-0.15, -0.1) is 5.10 Å². The average Bonchev–Trinajstić information content (AvgIpc) is 3.43. The number of alkyl halides is 3. The Kier molecular flexibility index (Phi) is 10.5. The molecule has 0 aliphatic carbocycles. The number of nitrogens with zero attached hydrogens (tertiary/aromatic N) is 3. The number of benzene rings is 3. The number of carbonyl (C=O) groups excluding carboxylic acids is 3. The molecule has 4 rings (SSSR count). The summed E-state index contributed by atoms with van der Waals surface area (Å²) in [4.78, 5) is 53.2. The molecule has 252 valence electrons. The van der Waals surface area contributed by atoms with Gasteiger partial charge in [0.25, 0.3) is 5.91 Å². The number of rotatable bonds is 12. The third kappa shape index (κ3) is 8.17. The summed E-state index contributed by atoms with van der Waals surface area (Å²) in [6, 6.07) is 15.3. The van der Waals surface area contributed by atoms with Crippen LogP contribution in [-0.2, 0) is 14.3 Å². The molecule has 0 fully saturated rings. The van der Waals surface area contributed by atoms with Crippen LogP contribution in [0.15, 0.2) is 71.5 Å². The summed E-state index contributed by atoms with van der Waals surface area (Å²) in [7, 11) is 3.17. The van der Waals surface area contributed by atoms with Gasteiger partial charge in [0.1, 0.15) is 11.9 Å². The molecule has 0 saturated carbocycles. The first kappa shape index (κ1) is 34.7. The Morgan fingerprint density at radius 1 is 1.04 bits per heavy atom. The average molecular weight is 670 g/mol. The molecule has 48 heavy (non-hydrogen) atoms. The highest BCUT2D eigenvalue weighted by Gasteiger charge is 2.43. The van der Waals surface area contributed by atoms with Crippen molar-refractivity contribution in [2.45, 2.75) is 19.1 Å². The first-order chi connectivity index (χ1) is 22.7. The number of nitrogen functional groups attached to an aromatic ring is 1. The number of amidine groups is 1. The number of nitrogens with one attached hydrogen (secondary N) is 3. The van der Waals surface area contributed by atoms with E-state index in [2.05, 4.69) is 20.1 Å². The first-order valence-electron chi connectivity index (χ1n) is 14.1. The van der Waals surface area contributed by atoms with E-state index in [0.717, 1.165) is 10.7 Å². The van der Waals surface area contributed by atoms with Crippen molar-refractivity contribution in [3.8, 4) is 17.2 Å². The Hall–Kier alpha value is -6.13. The number of anilines is 1. The van der Waals surface area contributed by atoms with E-state index in [1.807, 2.05) is 0 Å². The van der Waals surface area contributed by atoms with Gasteiger partial charge in [-0.25, -0.2) is 14.4 Å². The number of aromatic nitrogens is 3. The van der Waals surface area contributed by atoms with Crippen LogP contribution in [0.2, 0.25) is 0 Å². The topological polar surface area (TPSA) is 195 Å². The summed E-state index contributed by atoms with van der Waals surface area (Å²) in [5, 5.41) is 15.2. The third-order valence-electron chi connectivity index (χ3n) is 6.64. The molecule has 1 unspecified atom stereocenters. The predicted molar refractivity (Wildman–Crippen MR) is 165 cm³/mol. The number of esters is 2. The van der Waals surface area contributed by atoms with E-state index in [9.17, 15) is 32.3 Å². The van der Waals surface area contributed by atoms with Gasteiger partial charge in [-0.1, -0.05) is 18.2 Å². The van der Waals surface area contributed by atoms with Crippen molar-refractivity contribution >= 4 is 29.4 Å². The number of halogens is 3. The summed E-state index contributed by atoms with van der Waals surface area (Å²) in [6.07, 6.45) is -5.43. The van der Waals surface area contributed by atoms with Gasteiger partial charge in [0.2, 0.25) is 0 Å². The van der Waals surface area contributed by atoms with Gasteiger partial charge in [-0.3, -0.25) is 15.2 Å². The molecule has 1 aromatic heterocycles. The smallest absolute Gasteiger partial charge is 0.490 e. The molecule has 3 aromatic carbocycles. The molecule has 0 radical (unpaired) electrons. The molecule has 1 atom stereocenters. The van der Waals surface area contributed by atoms with E-state index in [1.165, 1.54) is 23.1 Å². The normalized spacial score (nSPS) is 11.7. The molecule has 0 saturated heterocycles. The Morgan fingerprint density at radius 2 is 1.73 bits per heavy atom. The second-order valence-electron chi connectivity index (χ2n) is 10.2. The lowest BCUT2D eigenvalue weighted by Crippen LogP contribution is -2.29. The van der Waals surface area contributed by atoms with E-state index in [-0.39, 0.29) is 48.0 Å². The fourth-order valence-corrected chi connectivity index (χ4v) is 4.24.